The van der Waals surface area contributed by atoms with E-state index in [-0.39, 0.29) is 6.04 Å². The van der Waals surface area contributed by atoms with Crippen molar-refractivity contribution < 1.29 is 9.15 Å². The normalized spacial score (nSPS) is 18.8. The highest BCUT2D eigenvalue weighted by atomic mass is 16.5. The monoisotopic (exact) mass is 274 g/mol. The summed E-state index contributed by atoms with van der Waals surface area (Å²) in [6.07, 6.45) is 2.13. The molecule has 1 aromatic carbocycles. The van der Waals surface area contributed by atoms with Gasteiger partial charge in [-0.1, -0.05) is 18.2 Å². The van der Waals surface area contributed by atoms with Gasteiger partial charge >= 0.3 is 0 Å². The third-order valence-corrected chi connectivity index (χ3v) is 4.25. The number of hydrogen-bond donors (Lipinski definition) is 1. The van der Waals surface area contributed by atoms with E-state index >= 15 is 0 Å². The fraction of sp³-hybridized carbons (Fsp3) is 0.500. The topological polar surface area (TPSA) is 51.6 Å². The van der Waals surface area contributed by atoms with Crippen LogP contribution in [0.2, 0.25) is 0 Å². The van der Waals surface area contributed by atoms with Crippen molar-refractivity contribution in [1.82, 2.24) is 4.90 Å². The molecule has 1 aliphatic heterocycles. The number of nitrogens with two attached hydrogens (primary N) is 1. The first-order valence-corrected chi connectivity index (χ1v) is 7.28. The Kier molecular flexibility index (Phi) is 4.05. The first-order chi connectivity index (χ1) is 9.79. The lowest BCUT2D eigenvalue weighted by molar-refractivity contribution is 0.0263. The molecule has 2 aromatic rings. The van der Waals surface area contributed by atoms with Crippen LogP contribution in [0, 0.1) is 0 Å². The van der Waals surface area contributed by atoms with E-state index in [0.29, 0.717) is 12.6 Å². The lowest BCUT2D eigenvalue weighted by Gasteiger charge is -2.35. The lowest BCUT2D eigenvalue weighted by Crippen LogP contribution is -2.41. The van der Waals surface area contributed by atoms with Gasteiger partial charge in [-0.15, -0.1) is 0 Å². The van der Waals surface area contributed by atoms with E-state index in [2.05, 4.69) is 24.1 Å². The summed E-state index contributed by atoms with van der Waals surface area (Å²) in [5.74, 6) is 0.961. The maximum atomic E-state index is 6.00. The van der Waals surface area contributed by atoms with Crippen LogP contribution >= 0.6 is 0 Å². The van der Waals surface area contributed by atoms with Crippen LogP contribution < -0.4 is 5.73 Å². The van der Waals surface area contributed by atoms with Gasteiger partial charge in [0.2, 0.25) is 0 Å². The number of benzene rings is 1. The molecule has 1 saturated heterocycles. The number of hydrogen-bond acceptors (Lipinski definition) is 4. The first kappa shape index (κ1) is 13.6. The zero-order valence-electron chi connectivity index (χ0n) is 11.9. The molecule has 4 nitrogen and oxygen atoms in total. The van der Waals surface area contributed by atoms with Crippen molar-refractivity contribution in [2.24, 2.45) is 5.73 Å². The number of likely N-dealkylation sites (N-methyl/N-ethyl adjacent to an activating group) is 1. The largest absolute Gasteiger partial charge is 0.459 e. The summed E-state index contributed by atoms with van der Waals surface area (Å²) < 4.78 is 11.4. The summed E-state index contributed by atoms with van der Waals surface area (Å²) in [5, 5.41) is 1.14. The highest BCUT2D eigenvalue weighted by Crippen LogP contribution is 2.29. The van der Waals surface area contributed by atoms with Crippen LogP contribution in [-0.2, 0) is 4.74 Å². The summed E-state index contributed by atoms with van der Waals surface area (Å²) in [5.41, 5.74) is 6.93. The van der Waals surface area contributed by atoms with Crippen LogP contribution in [0.3, 0.4) is 0 Å². The van der Waals surface area contributed by atoms with Gasteiger partial charge in [0.25, 0.3) is 0 Å². The Hall–Kier alpha value is -1.36. The van der Waals surface area contributed by atoms with E-state index in [1.807, 2.05) is 18.2 Å². The Labute approximate surface area is 119 Å². The summed E-state index contributed by atoms with van der Waals surface area (Å²) in [6.45, 7) is 2.24. The molecule has 0 bridgehead atoms. The number of rotatable bonds is 4. The zero-order chi connectivity index (χ0) is 13.9. The Bertz CT molecular complexity index is 527. The molecule has 0 amide bonds. The van der Waals surface area contributed by atoms with Gasteiger partial charge < -0.3 is 14.9 Å². The Morgan fingerprint density at radius 3 is 2.75 bits per heavy atom. The molecule has 2 heterocycles. The number of fused-ring (bicyclic) bond motifs is 1. The predicted molar refractivity (Wildman–Crippen MR) is 79.6 cm³/mol. The van der Waals surface area contributed by atoms with Crippen molar-refractivity contribution in [3.63, 3.8) is 0 Å². The fourth-order valence-corrected chi connectivity index (χ4v) is 3.00. The molecule has 20 heavy (non-hydrogen) atoms. The molecule has 2 N–H and O–H groups in total. The van der Waals surface area contributed by atoms with E-state index in [1.165, 1.54) is 0 Å². The molecule has 1 unspecified atom stereocenters. The van der Waals surface area contributed by atoms with Crippen molar-refractivity contribution in [3.8, 4) is 0 Å². The average Bonchev–Trinajstić information content (AvgIpc) is 2.92. The maximum Gasteiger partial charge on any atom is 0.134 e. The minimum absolute atomic E-state index is 0.130. The summed E-state index contributed by atoms with van der Waals surface area (Å²) in [4.78, 5) is 2.35. The molecule has 4 heteroatoms. The molecule has 0 saturated carbocycles. The molecule has 1 atom stereocenters. The molecule has 108 valence electrons. The predicted octanol–water partition coefficient (Wildman–Crippen LogP) is 2.54. The van der Waals surface area contributed by atoms with Gasteiger partial charge in [-0.3, -0.25) is 4.90 Å². The molecular formula is C16H22N2O2. The van der Waals surface area contributed by atoms with Crippen molar-refractivity contribution >= 4 is 11.0 Å². The Morgan fingerprint density at radius 2 is 2.05 bits per heavy atom. The van der Waals surface area contributed by atoms with E-state index in [9.17, 15) is 0 Å². The second-order valence-electron chi connectivity index (χ2n) is 5.45. The Morgan fingerprint density at radius 1 is 1.30 bits per heavy atom. The van der Waals surface area contributed by atoms with Gasteiger partial charge in [0.15, 0.2) is 0 Å². The first-order valence-electron chi connectivity index (χ1n) is 7.28. The molecule has 1 fully saturated rings. The molecule has 1 aromatic heterocycles. The summed E-state index contributed by atoms with van der Waals surface area (Å²) in [6, 6.07) is 10.9. The van der Waals surface area contributed by atoms with Gasteiger partial charge in [-0.25, -0.2) is 0 Å². The van der Waals surface area contributed by atoms with Gasteiger partial charge in [0, 0.05) is 31.2 Å². The minimum atomic E-state index is 0.130. The quantitative estimate of drug-likeness (QED) is 0.931. The summed E-state index contributed by atoms with van der Waals surface area (Å²) >= 11 is 0. The second kappa shape index (κ2) is 5.95. The maximum absolute atomic E-state index is 6.00. The molecule has 0 radical (unpaired) electrons. The van der Waals surface area contributed by atoms with E-state index < -0.39 is 0 Å². The van der Waals surface area contributed by atoms with Crippen LogP contribution in [0.1, 0.15) is 24.6 Å². The third kappa shape index (κ3) is 2.59. The molecule has 3 rings (SSSR count). The van der Waals surface area contributed by atoms with Crippen molar-refractivity contribution in [2.45, 2.75) is 24.9 Å². The van der Waals surface area contributed by atoms with E-state index in [1.54, 1.807) is 0 Å². The highest BCUT2D eigenvalue weighted by Gasteiger charge is 2.27. The van der Waals surface area contributed by atoms with Gasteiger partial charge in [-0.2, -0.15) is 0 Å². The van der Waals surface area contributed by atoms with Crippen LogP contribution in [0.25, 0.3) is 11.0 Å². The van der Waals surface area contributed by atoms with E-state index in [0.717, 1.165) is 42.8 Å². The highest BCUT2D eigenvalue weighted by molar-refractivity contribution is 5.77. The fourth-order valence-electron chi connectivity index (χ4n) is 3.00. The molecule has 1 aliphatic rings. The van der Waals surface area contributed by atoms with Crippen molar-refractivity contribution in [3.05, 3.63) is 36.1 Å². The number of nitrogens with zero attached hydrogens (tertiary/aromatic N) is 1. The Balaban J connectivity index is 1.84. The average molecular weight is 274 g/mol. The van der Waals surface area contributed by atoms with Gasteiger partial charge in [-0.05, 0) is 32.0 Å². The van der Waals surface area contributed by atoms with E-state index in [4.69, 9.17) is 14.9 Å². The van der Waals surface area contributed by atoms with Crippen LogP contribution in [-0.4, -0.2) is 37.7 Å². The molecular weight excluding hydrogens is 252 g/mol. The smallest absolute Gasteiger partial charge is 0.134 e. The van der Waals surface area contributed by atoms with Crippen LogP contribution in [0.4, 0.5) is 0 Å². The minimum Gasteiger partial charge on any atom is -0.459 e. The lowest BCUT2D eigenvalue weighted by atomic mass is 10.0. The molecule has 0 aliphatic carbocycles. The standard InChI is InChI=1S/C16H22N2O2/c1-18(13-6-8-19-9-7-13)14(11-17)16-10-12-4-2-3-5-15(12)20-16/h2-5,10,13-14H,6-9,11,17H2,1H3. The van der Waals surface area contributed by atoms with Gasteiger partial charge in [0.1, 0.15) is 11.3 Å². The SMILES string of the molecule is CN(C1CCOCC1)C(CN)c1cc2ccccc2o1. The summed E-state index contributed by atoms with van der Waals surface area (Å²) in [7, 11) is 2.14. The van der Waals surface area contributed by atoms with Crippen molar-refractivity contribution in [2.75, 3.05) is 26.8 Å². The van der Waals surface area contributed by atoms with Crippen LogP contribution in [0.5, 0.6) is 0 Å². The van der Waals surface area contributed by atoms with Crippen LogP contribution in [0.15, 0.2) is 34.7 Å². The van der Waals surface area contributed by atoms with Crippen molar-refractivity contribution in [1.29, 1.82) is 0 Å². The number of para-hydroxylation sites is 1. The van der Waals surface area contributed by atoms with Gasteiger partial charge in [0.05, 0.1) is 6.04 Å². The second-order valence-corrected chi connectivity index (χ2v) is 5.45. The number of furan rings is 1. The zero-order valence-corrected chi connectivity index (χ0v) is 11.9. The third-order valence-electron chi connectivity index (χ3n) is 4.25. The number of ether oxygens (including phenoxy) is 1. The molecule has 0 spiro atoms.